The van der Waals surface area contributed by atoms with Crippen molar-refractivity contribution >= 4 is 0 Å². The van der Waals surface area contributed by atoms with Gasteiger partial charge in [0.25, 0.3) is 0 Å². The van der Waals surface area contributed by atoms with Crippen molar-refractivity contribution in [1.82, 2.24) is 5.32 Å². The lowest BCUT2D eigenvalue weighted by molar-refractivity contribution is 0.146. The van der Waals surface area contributed by atoms with Crippen LogP contribution in [0.15, 0.2) is 0 Å². The molecule has 0 aromatic heterocycles. The number of likely N-dealkylation sites (N-methyl/N-ethyl adjacent to an activating group) is 1. The van der Waals surface area contributed by atoms with Crippen LogP contribution in [-0.4, -0.2) is 26.8 Å². The van der Waals surface area contributed by atoms with E-state index < -0.39 is 0 Å². The van der Waals surface area contributed by atoms with E-state index in [2.05, 4.69) is 19.2 Å². The summed E-state index contributed by atoms with van der Waals surface area (Å²) in [4.78, 5) is 0. The van der Waals surface area contributed by atoms with Crippen LogP contribution in [0.3, 0.4) is 0 Å². The van der Waals surface area contributed by atoms with E-state index in [0.717, 1.165) is 6.61 Å². The highest BCUT2D eigenvalue weighted by atomic mass is 16.5. The molecule has 0 rings (SSSR count). The van der Waals surface area contributed by atoms with E-state index in [0.29, 0.717) is 12.0 Å². The molecule has 2 nitrogen and oxygen atoms in total. The van der Waals surface area contributed by atoms with Crippen molar-refractivity contribution in [3.8, 4) is 0 Å². The Hall–Kier alpha value is -0.0800. The SMILES string of the molecule is CC.CC[C@H](C)C(COC)NC. The third-order valence-corrected chi connectivity index (χ3v) is 2.05. The molecule has 1 unspecified atom stereocenters. The van der Waals surface area contributed by atoms with Crippen molar-refractivity contribution in [1.29, 1.82) is 0 Å². The van der Waals surface area contributed by atoms with Crippen LogP contribution in [0.4, 0.5) is 0 Å². The van der Waals surface area contributed by atoms with Crippen molar-refractivity contribution in [2.24, 2.45) is 5.92 Å². The van der Waals surface area contributed by atoms with Gasteiger partial charge >= 0.3 is 0 Å². The lowest BCUT2D eigenvalue weighted by Crippen LogP contribution is -2.35. The molecule has 0 radical (unpaired) electrons. The summed E-state index contributed by atoms with van der Waals surface area (Å²) in [6.07, 6.45) is 1.20. The first-order valence-corrected chi connectivity index (χ1v) is 4.92. The van der Waals surface area contributed by atoms with Gasteiger partial charge in [-0.1, -0.05) is 34.1 Å². The fraction of sp³-hybridized carbons (Fsp3) is 1.00. The summed E-state index contributed by atoms with van der Waals surface area (Å²) in [5.41, 5.74) is 0. The Morgan fingerprint density at radius 2 is 1.83 bits per heavy atom. The number of hydrogen-bond donors (Lipinski definition) is 1. The Balaban J connectivity index is 0. The monoisotopic (exact) mass is 175 g/mol. The molecule has 2 heteroatoms. The Labute approximate surface area is 77.7 Å². The van der Waals surface area contributed by atoms with Gasteiger partial charge in [0.15, 0.2) is 0 Å². The maximum Gasteiger partial charge on any atom is 0.0618 e. The van der Waals surface area contributed by atoms with Crippen LogP contribution in [-0.2, 0) is 4.74 Å². The lowest BCUT2D eigenvalue weighted by Gasteiger charge is -2.20. The Morgan fingerprint density at radius 1 is 1.33 bits per heavy atom. The summed E-state index contributed by atoms with van der Waals surface area (Å²) in [6.45, 7) is 9.25. The van der Waals surface area contributed by atoms with Gasteiger partial charge in [0.05, 0.1) is 6.61 Å². The summed E-state index contributed by atoms with van der Waals surface area (Å²) in [5, 5.41) is 3.23. The molecule has 2 atom stereocenters. The minimum absolute atomic E-state index is 0.509. The van der Waals surface area contributed by atoms with Gasteiger partial charge in [0, 0.05) is 13.2 Å². The third-order valence-electron chi connectivity index (χ3n) is 2.05. The van der Waals surface area contributed by atoms with E-state index in [1.54, 1.807) is 7.11 Å². The normalized spacial score (nSPS) is 14.5. The van der Waals surface area contributed by atoms with Crippen LogP contribution < -0.4 is 5.32 Å². The summed E-state index contributed by atoms with van der Waals surface area (Å²) < 4.78 is 5.06. The molecule has 1 N–H and O–H groups in total. The fourth-order valence-corrected chi connectivity index (χ4v) is 0.996. The summed E-state index contributed by atoms with van der Waals surface area (Å²) in [7, 11) is 3.72. The molecule has 0 amide bonds. The topological polar surface area (TPSA) is 21.3 Å². The second kappa shape index (κ2) is 10.9. The first-order chi connectivity index (χ1) is 5.76. The van der Waals surface area contributed by atoms with Gasteiger partial charge < -0.3 is 10.1 Å². The average molecular weight is 175 g/mol. The fourth-order valence-electron chi connectivity index (χ4n) is 0.996. The predicted octanol–water partition coefficient (Wildman–Crippen LogP) is 2.29. The zero-order valence-electron chi connectivity index (χ0n) is 9.48. The maximum atomic E-state index is 5.06. The highest BCUT2D eigenvalue weighted by molar-refractivity contribution is 4.69. The van der Waals surface area contributed by atoms with Crippen LogP contribution in [0.2, 0.25) is 0 Å². The highest BCUT2D eigenvalue weighted by Gasteiger charge is 2.11. The van der Waals surface area contributed by atoms with Crippen molar-refractivity contribution in [2.45, 2.75) is 40.2 Å². The van der Waals surface area contributed by atoms with Crippen molar-refractivity contribution in [3.05, 3.63) is 0 Å². The van der Waals surface area contributed by atoms with Gasteiger partial charge in [-0.25, -0.2) is 0 Å². The predicted molar refractivity (Wildman–Crippen MR) is 55.5 cm³/mol. The third kappa shape index (κ3) is 6.62. The molecule has 0 heterocycles. The molecule has 0 saturated heterocycles. The molecule has 0 spiro atoms. The van der Waals surface area contributed by atoms with Crippen molar-refractivity contribution < 1.29 is 4.74 Å². The summed E-state index contributed by atoms with van der Waals surface area (Å²) >= 11 is 0. The van der Waals surface area contributed by atoms with E-state index in [1.807, 2.05) is 20.9 Å². The lowest BCUT2D eigenvalue weighted by atomic mass is 10.0. The van der Waals surface area contributed by atoms with E-state index in [4.69, 9.17) is 4.74 Å². The zero-order chi connectivity index (χ0) is 9.98. The Morgan fingerprint density at radius 3 is 2.08 bits per heavy atom. The van der Waals surface area contributed by atoms with Gasteiger partial charge in [-0.15, -0.1) is 0 Å². The van der Waals surface area contributed by atoms with Gasteiger partial charge in [-0.2, -0.15) is 0 Å². The van der Waals surface area contributed by atoms with Crippen LogP contribution in [0.25, 0.3) is 0 Å². The molecule has 0 bridgehead atoms. The molecule has 12 heavy (non-hydrogen) atoms. The zero-order valence-corrected chi connectivity index (χ0v) is 9.48. The summed E-state index contributed by atoms with van der Waals surface area (Å²) in [6, 6.07) is 0.509. The van der Waals surface area contributed by atoms with E-state index in [-0.39, 0.29) is 0 Å². The Kier molecular flexibility index (Phi) is 13.1. The van der Waals surface area contributed by atoms with Crippen LogP contribution in [0.5, 0.6) is 0 Å². The van der Waals surface area contributed by atoms with Crippen molar-refractivity contribution in [2.75, 3.05) is 20.8 Å². The van der Waals surface area contributed by atoms with Gasteiger partial charge in [-0.3, -0.25) is 0 Å². The minimum atomic E-state index is 0.509. The molecule has 0 aromatic rings. The van der Waals surface area contributed by atoms with Gasteiger partial charge in [0.2, 0.25) is 0 Å². The van der Waals surface area contributed by atoms with E-state index in [1.165, 1.54) is 6.42 Å². The molecule has 0 aromatic carbocycles. The van der Waals surface area contributed by atoms with Crippen LogP contribution >= 0.6 is 0 Å². The number of hydrogen-bond acceptors (Lipinski definition) is 2. The Bertz CT molecular complexity index is 76.2. The molecular weight excluding hydrogens is 150 g/mol. The molecule has 76 valence electrons. The second-order valence-corrected chi connectivity index (χ2v) is 2.74. The molecule has 0 aliphatic heterocycles. The highest BCUT2D eigenvalue weighted by Crippen LogP contribution is 2.06. The maximum absolute atomic E-state index is 5.06. The van der Waals surface area contributed by atoms with E-state index >= 15 is 0 Å². The number of methoxy groups -OCH3 is 1. The summed E-state index contributed by atoms with van der Waals surface area (Å²) in [5.74, 6) is 0.699. The number of ether oxygens (including phenoxy) is 1. The van der Waals surface area contributed by atoms with Crippen LogP contribution in [0.1, 0.15) is 34.1 Å². The molecule has 0 aliphatic rings. The minimum Gasteiger partial charge on any atom is -0.383 e. The van der Waals surface area contributed by atoms with Crippen LogP contribution in [0, 0.1) is 5.92 Å². The smallest absolute Gasteiger partial charge is 0.0618 e. The number of rotatable bonds is 5. The molecular formula is C10H25NO. The quantitative estimate of drug-likeness (QED) is 0.692. The average Bonchev–Trinajstić information content (AvgIpc) is 2.16. The molecule has 0 aliphatic carbocycles. The standard InChI is InChI=1S/C8H19NO.C2H6/c1-5-7(2)8(9-3)6-10-4;1-2/h7-9H,5-6H2,1-4H3;1-2H3/t7-,8?;/m0./s1. The molecule has 0 fully saturated rings. The molecule has 0 saturated carbocycles. The second-order valence-electron chi connectivity index (χ2n) is 2.74. The van der Waals surface area contributed by atoms with Gasteiger partial charge in [-0.05, 0) is 13.0 Å². The first-order valence-electron chi connectivity index (χ1n) is 4.92. The largest absolute Gasteiger partial charge is 0.383 e. The van der Waals surface area contributed by atoms with E-state index in [9.17, 15) is 0 Å². The first kappa shape index (κ1) is 14.4. The van der Waals surface area contributed by atoms with Crippen molar-refractivity contribution in [3.63, 3.8) is 0 Å². The van der Waals surface area contributed by atoms with Gasteiger partial charge in [0.1, 0.15) is 0 Å². The number of nitrogens with one attached hydrogen (secondary N) is 1.